The standard InChI is InChI=1S/C28H30O13/c1-3-28(38)8-12(40-27-25(36)24(35)21(32)13(9-29)41-27)14-15(18(28)26(37)39-2)23(34)17-16(22(14)33)19(30)10-6-4-5-7-11(10)20(17)31/h4-7,12-13,18,21,24-25,27,29,32-36,38H,3,8-9H2,1-2H3/t12-,13+,18-,21-,24-,25+,27+,28+/m0/s1. The number of aromatic hydroxyl groups is 2. The lowest BCUT2D eigenvalue weighted by Gasteiger charge is -2.46. The Hall–Kier alpha value is -3.43. The number of hydrogen-bond donors (Lipinski definition) is 7. The van der Waals surface area contributed by atoms with Crippen LogP contribution in [0, 0.1) is 0 Å². The molecule has 7 N–H and O–H groups in total. The number of rotatable bonds is 5. The van der Waals surface area contributed by atoms with E-state index in [0.29, 0.717) is 0 Å². The molecule has 0 spiro atoms. The lowest BCUT2D eigenvalue weighted by molar-refractivity contribution is -0.316. The summed E-state index contributed by atoms with van der Waals surface area (Å²) in [5.41, 5.74) is -3.94. The summed E-state index contributed by atoms with van der Waals surface area (Å²) in [5.74, 6) is -5.88. The van der Waals surface area contributed by atoms with Crippen molar-refractivity contribution in [3.05, 3.63) is 57.6 Å². The number of phenols is 2. The van der Waals surface area contributed by atoms with Crippen molar-refractivity contribution in [1.82, 2.24) is 0 Å². The number of carbonyl (C=O) groups excluding carboxylic acids is 3. The van der Waals surface area contributed by atoms with Gasteiger partial charge in [-0.1, -0.05) is 31.2 Å². The first-order valence-electron chi connectivity index (χ1n) is 13.0. The van der Waals surface area contributed by atoms with Gasteiger partial charge in [-0.05, 0) is 6.42 Å². The Morgan fingerprint density at radius 3 is 2.05 bits per heavy atom. The summed E-state index contributed by atoms with van der Waals surface area (Å²) in [6, 6.07) is 5.79. The molecule has 1 aliphatic heterocycles. The van der Waals surface area contributed by atoms with Gasteiger partial charge in [-0.3, -0.25) is 14.4 Å². The highest BCUT2D eigenvalue weighted by molar-refractivity contribution is 6.30. The lowest BCUT2D eigenvalue weighted by Crippen LogP contribution is -2.59. The van der Waals surface area contributed by atoms with E-state index in [0.717, 1.165) is 7.11 Å². The van der Waals surface area contributed by atoms with Gasteiger partial charge in [0.25, 0.3) is 0 Å². The summed E-state index contributed by atoms with van der Waals surface area (Å²) in [6.45, 7) is 0.775. The van der Waals surface area contributed by atoms with E-state index in [4.69, 9.17) is 14.2 Å². The van der Waals surface area contributed by atoms with Crippen molar-refractivity contribution in [3.8, 4) is 11.5 Å². The van der Waals surface area contributed by atoms with Gasteiger partial charge in [0.2, 0.25) is 0 Å². The van der Waals surface area contributed by atoms with Crippen molar-refractivity contribution in [3.63, 3.8) is 0 Å². The van der Waals surface area contributed by atoms with Crippen LogP contribution in [0.15, 0.2) is 24.3 Å². The third-order valence-corrected chi connectivity index (χ3v) is 8.28. The highest BCUT2D eigenvalue weighted by Gasteiger charge is 2.55. The van der Waals surface area contributed by atoms with E-state index in [9.17, 15) is 50.1 Å². The van der Waals surface area contributed by atoms with E-state index in [1.807, 2.05) is 0 Å². The van der Waals surface area contributed by atoms with Crippen LogP contribution in [-0.4, -0.2) is 103 Å². The Morgan fingerprint density at radius 1 is 0.976 bits per heavy atom. The van der Waals surface area contributed by atoms with Crippen molar-refractivity contribution in [1.29, 1.82) is 0 Å². The van der Waals surface area contributed by atoms with Gasteiger partial charge in [0.15, 0.2) is 17.9 Å². The van der Waals surface area contributed by atoms with Crippen LogP contribution in [-0.2, 0) is 19.0 Å². The van der Waals surface area contributed by atoms with Gasteiger partial charge < -0.3 is 50.0 Å². The largest absolute Gasteiger partial charge is 0.507 e. The first-order valence-corrected chi connectivity index (χ1v) is 13.0. The lowest BCUT2D eigenvalue weighted by atomic mass is 9.66. The van der Waals surface area contributed by atoms with Gasteiger partial charge in [-0.15, -0.1) is 0 Å². The number of fused-ring (bicyclic) bond motifs is 3. The predicted octanol–water partition coefficient (Wildman–Crippen LogP) is -0.468. The quantitative estimate of drug-likeness (QED) is 0.152. The molecule has 0 aromatic heterocycles. The minimum absolute atomic E-state index is 0.0311. The second kappa shape index (κ2) is 10.4. The van der Waals surface area contributed by atoms with Gasteiger partial charge in [-0.2, -0.15) is 0 Å². The summed E-state index contributed by atoms with van der Waals surface area (Å²) >= 11 is 0. The molecule has 8 atom stereocenters. The molecule has 0 bridgehead atoms. The second-order valence-electron chi connectivity index (χ2n) is 10.4. The van der Waals surface area contributed by atoms with Crippen molar-refractivity contribution < 1.29 is 64.3 Å². The molecule has 41 heavy (non-hydrogen) atoms. The molecule has 2 aromatic rings. The number of ketones is 2. The van der Waals surface area contributed by atoms with Crippen molar-refractivity contribution in [2.75, 3.05) is 13.7 Å². The molecular weight excluding hydrogens is 544 g/mol. The number of carbonyl (C=O) groups is 3. The monoisotopic (exact) mass is 574 g/mol. The van der Waals surface area contributed by atoms with Crippen molar-refractivity contribution in [2.24, 2.45) is 0 Å². The molecule has 1 saturated heterocycles. The maximum atomic E-state index is 13.5. The topological polar surface area (TPSA) is 221 Å². The van der Waals surface area contributed by atoms with E-state index in [1.165, 1.54) is 31.2 Å². The summed E-state index contributed by atoms with van der Waals surface area (Å²) < 4.78 is 16.3. The Balaban J connectivity index is 1.74. The van der Waals surface area contributed by atoms with Crippen LogP contribution in [0.4, 0.5) is 0 Å². The number of methoxy groups -OCH3 is 1. The van der Waals surface area contributed by atoms with Gasteiger partial charge in [0.05, 0.1) is 36.5 Å². The second-order valence-corrected chi connectivity index (χ2v) is 10.4. The molecule has 13 heteroatoms. The first kappa shape index (κ1) is 29.1. The number of aliphatic hydroxyl groups is 5. The number of aliphatic hydroxyl groups excluding tert-OH is 4. The summed E-state index contributed by atoms with van der Waals surface area (Å²) in [4.78, 5) is 40.1. The van der Waals surface area contributed by atoms with Crippen LogP contribution in [0.25, 0.3) is 0 Å². The zero-order chi connectivity index (χ0) is 30.0. The fourth-order valence-corrected chi connectivity index (χ4v) is 6.04. The average Bonchev–Trinajstić information content (AvgIpc) is 2.97. The Kier molecular flexibility index (Phi) is 7.40. The molecule has 0 unspecified atom stereocenters. The maximum absolute atomic E-state index is 13.5. The third kappa shape index (κ3) is 4.24. The third-order valence-electron chi connectivity index (χ3n) is 8.28. The Morgan fingerprint density at radius 2 is 1.54 bits per heavy atom. The van der Waals surface area contributed by atoms with E-state index >= 15 is 0 Å². The number of phenolic OH excluding ortho intramolecular Hbond substituents is 2. The number of esters is 1. The molecule has 13 nitrogen and oxygen atoms in total. The molecule has 0 radical (unpaired) electrons. The van der Waals surface area contributed by atoms with Crippen molar-refractivity contribution >= 4 is 17.5 Å². The fourth-order valence-electron chi connectivity index (χ4n) is 6.04. The normalized spacial score (nSPS) is 32.6. The number of hydrogen-bond acceptors (Lipinski definition) is 13. The highest BCUT2D eigenvalue weighted by atomic mass is 16.7. The summed E-state index contributed by atoms with van der Waals surface area (Å²) in [6.07, 6.45) is -10.6. The average molecular weight is 575 g/mol. The van der Waals surface area contributed by atoms with E-state index < -0.39 is 107 Å². The summed E-state index contributed by atoms with van der Waals surface area (Å²) in [5, 5.41) is 75.3. The smallest absolute Gasteiger partial charge is 0.316 e. The Labute approximate surface area is 233 Å². The van der Waals surface area contributed by atoms with Crippen molar-refractivity contribution in [2.45, 2.75) is 68.1 Å². The van der Waals surface area contributed by atoms with Crippen LogP contribution in [0.3, 0.4) is 0 Å². The SMILES string of the molecule is CC[C@@]1(O)C[C@H](O[C@@H]2O[C@H](CO)[C@H](O)[C@H](O)[C@H]2O)c2c(O)c3c(c(O)c2[C@H]1C(=O)OC)C(=O)c1ccccc1C3=O. The molecular formula is C28H30O13. The van der Waals surface area contributed by atoms with Crippen LogP contribution in [0.2, 0.25) is 0 Å². The van der Waals surface area contributed by atoms with Gasteiger partial charge >= 0.3 is 5.97 Å². The molecule has 0 amide bonds. The molecule has 220 valence electrons. The molecule has 1 fully saturated rings. The number of ether oxygens (including phenoxy) is 3. The zero-order valence-corrected chi connectivity index (χ0v) is 22.1. The molecule has 3 aliphatic rings. The van der Waals surface area contributed by atoms with Crippen LogP contribution < -0.4 is 0 Å². The zero-order valence-electron chi connectivity index (χ0n) is 22.1. The van der Waals surface area contributed by atoms with Gasteiger partial charge in [-0.25, -0.2) is 0 Å². The molecule has 5 rings (SSSR count). The Bertz CT molecular complexity index is 1420. The first-order chi connectivity index (χ1) is 19.4. The fraction of sp³-hybridized carbons (Fsp3) is 0.464. The van der Waals surface area contributed by atoms with Crippen LogP contribution in [0.1, 0.15) is 74.8 Å². The van der Waals surface area contributed by atoms with E-state index in [1.54, 1.807) is 0 Å². The summed E-state index contributed by atoms with van der Waals surface area (Å²) in [7, 11) is 1.05. The molecule has 2 aliphatic carbocycles. The molecule has 2 aromatic carbocycles. The maximum Gasteiger partial charge on any atom is 0.316 e. The predicted molar refractivity (Wildman–Crippen MR) is 135 cm³/mol. The molecule has 1 heterocycles. The minimum atomic E-state index is -2.00. The molecule has 0 saturated carbocycles. The number of benzene rings is 2. The van der Waals surface area contributed by atoms with Gasteiger partial charge in [0, 0.05) is 28.7 Å². The van der Waals surface area contributed by atoms with Gasteiger partial charge in [0.1, 0.15) is 41.8 Å². The van der Waals surface area contributed by atoms with E-state index in [-0.39, 0.29) is 23.1 Å². The van der Waals surface area contributed by atoms with Crippen LogP contribution >= 0.6 is 0 Å². The van der Waals surface area contributed by atoms with E-state index in [2.05, 4.69) is 0 Å². The highest BCUT2D eigenvalue weighted by Crippen LogP contribution is 2.57. The minimum Gasteiger partial charge on any atom is -0.507 e. The van der Waals surface area contributed by atoms with Crippen LogP contribution in [0.5, 0.6) is 11.5 Å².